The SMILES string of the molecule is C[C@@H](Sc1nc2cc(Cl)ccc2c(=O)n1Cc1ccco1)C(=O)Nc1cccc(C#N)c1. The van der Waals surface area contributed by atoms with Gasteiger partial charge in [0.2, 0.25) is 5.91 Å². The molecule has 32 heavy (non-hydrogen) atoms. The molecule has 2 heterocycles. The average molecular weight is 465 g/mol. The number of hydrogen-bond acceptors (Lipinski definition) is 6. The molecule has 0 unspecified atom stereocenters. The summed E-state index contributed by atoms with van der Waals surface area (Å²) in [4.78, 5) is 30.6. The number of carbonyl (C=O) groups is 1. The highest BCUT2D eigenvalue weighted by molar-refractivity contribution is 8.00. The van der Waals surface area contributed by atoms with E-state index in [2.05, 4.69) is 10.3 Å². The molecule has 0 radical (unpaired) electrons. The number of benzene rings is 2. The summed E-state index contributed by atoms with van der Waals surface area (Å²) < 4.78 is 6.89. The molecule has 0 spiro atoms. The molecule has 0 saturated heterocycles. The molecule has 1 N–H and O–H groups in total. The van der Waals surface area contributed by atoms with Crippen LogP contribution in [0.4, 0.5) is 5.69 Å². The first kappa shape index (κ1) is 21.7. The van der Waals surface area contributed by atoms with Crippen molar-refractivity contribution in [2.24, 2.45) is 0 Å². The Labute approximate surface area is 192 Å². The molecule has 7 nitrogen and oxygen atoms in total. The molecule has 4 aromatic rings. The Bertz CT molecular complexity index is 1390. The molecule has 0 aliphatic heterocycles. The Morgan fingerprint density at radius 2 is 2.12 bits per heavy atom. The molecule has 2 aromatic heterocycles. The molecule has 4 rings (SSSR count). The molecule has 1 amide bonds. The zero-order valence-corrected chi connectivity index (χ0v) is 18.5. The van der Waals surface area contributed by atoms with Crippen LogP contribution < -0.4 is 10.9 Å². The number of halogens is 1. The van der Waals surface area contributed by atoms with Crippen molar-refractivity contribution in [3.8, 4) is 6.07 Å². The third kappa shape index (κ3) is 4.69. The van der Waals surface area contributed by atoms with Crippen molar-refractivity contribution in [2.45, 2.75) is 23.9 Å². The third-order valence-corrected chi connectivity index (χ3v) is 6.01. The van der Waals surface area contributed by atoms with Gasteiger partial charge in [-0.25, -0.2) is 4.98 Å². The molecule has 1 atom stereocenters. The Balaban J connectivity index is 1.66. The first-order valence-corrected chi connectivity index (χ1v) is 10.9. The maximum absolute atomic E-state index is 13.2. The van der Waals surface area contributed by atoms with Crippen LogP contribution in [0, 0.1) is 11.3 Å². The zero-order chi connectivity index (χ0) is 22.7. The summed E-state index contributed by atoms with van der Waals surface area (Å²) in [7, 11) is 0. The van der Waals surface area contributed by atoms with Crippen LogP contribution in [-0.2, 0) is 11.3 Å². The van der Waals surface area contributed by atoms with Gasteiger partial charge >= 0.3 is 0 Å². The first-order valence-electron chi connectivity index (χ1n) is 9.65. The average Bonchev–Trinajstić information content (AvgIpc) is 3.29. The quantitative estimate of drug-likeness (QED) is 0.328. The van der Waals surface area contributed by atoms with E-state index in [-0.39, 0.29) is 18.0 Å². The van der Waals surface area contributed by atoms with Gasteiger partial charge in [-0.15, -0.1) is 0 Å². The Kier molecular flexibility index (Phi) is 6.30. The number of fused-ring (bicyclic) bond motifs is 1. The number of aromatic nitrogens is 2. The van der Waals surface area contributed by atoms with Gasteiger partial charge in [-0.3, -0.25) is 14.2 Å². The van der Waals surface area contributed by atoms with Gasteiger partial charge in [-0.2, -0.15) is 5.26 Å². The molecule has 0 bridgehead atoms. The summed E-state index contributed by atoms with van der Waals surface area (Å²) in [5.41, 5.74) is 1.17. The Hall–Kier alpha value is -3.54. The second-order valence-electron chi connectivity index (χ2n) is 6.97. The lowest BCUT2D eigenvalue weighted by Crippen LogP contribution is -2.27. The maximum Gasteiger partial charge on any atom is 0.262 e. The highest BCUT2D eigenvalue weighted by Crippen LogP contribution is 2.25. The van der Waals surface area contributed by atoms with Crippen molar-refractivity contribution in [2.75, 3.05) is 5.32 Å². The highest BCUT2D eigenvalue weighted by Gasteiger charge is 2.20. The molecule has 9 heteroatoms. The standard InChI is InChI=1S/C23H17ClN4O3S/c1-14(21(29)26-17-5-2-4-15(10-17)12-25)32-23-27-20-11-16(24)7-8-19(20)22(30)28(23)13-18-6-3-9-31-18/h2-11,14H,13H2,1H3,(H,26,29)/t14-/m1/s1. The predicted octanol–water partition coefficient (Wildman–Crippen LogP) is 4.68. The number of amides is 1. The van der Waals surface area contributed by atoms with E-state index >= 15 is 0 Å². The molecule has 0 aliphatic carbocycles. The van der Waals surface area contributed by atoms with E-state index in [1.165, 1.54) is 10.8 Å². The maximum atomic E-state index is 13.2. The molecular formula is C23H17ClN4O3S. The minimum absolute atomic E-state index is 0.179. The summed E-state index contributed by atoms with van der Waals surface area (Å²) in [5.74, 6) is 0.310. The van der Waals surface area contributed by atoms with Gasteiger partial charge in [-0.05, 0) is 55.5 Å². The van der Waals surface area contributed by atoms with Crippen LogP contribution in [0.5, 0.6) is 0 Å². The monoisotopic (exact) mass is 464 g/mol. The van der Waals surface area contributed by atoms with E-state index in [0.717, 1.165) is 11.8 Å². The van der Waals surface area contributed by atoms with Gasteiger partial charge < -0.3 is 9.73 Å². The molecular weight excluding hydrogens is 448 g/mol. The van der Waals surface area contributed by atoms with Crippen molar-refractivity contribution < 1.29 is 9.21 Å². The Morgan fingerprint density at radius 3 is 2.88 bits per heavy atom. The van der Waals surface area contributed by atoms with Crippen molar-refractivity contribution in [1.82, 2.24) is 9.55 Å². The second-order valence-corrected chi connectivity index (χ2v) is 8.71. The van der Waals surface area contributed by atoms with Gasteiger partial charge in [0.05, 0.1) is 40.6 Å². The smallest absolute Gasteiger partial charge is 0.262 e. The van der Waals surface area contributed by atoms with Crippen molar-refractivity contribution in [3.05, 3.63) is 87.6 Å². The summed E-state index contributed by atoms with van der Waals surface area (Å²) in [6.45, 7) is 1.90. The number of nitrogens with zero attached hydrogens (tertiary/aromatic N) is 3. The topological polar surface area (TPSA) is 101 Å². The summed E-state index contributed by atoms with van der Waals surface area (Å²) in [6, 6.07) is 17.1. The van der Waals surface area contributed by atoms with Crippen molar-refractivity contribution >= 4 is 45.9 Å². The van der Waals surface area contributed by atoms with E-state index in [4.69, 9.17) is 21.3 Å². The molecule has 0 fully saturated rings. The third-order valence-electron chi connectivity index (χ3n) is 4.69. The van der Waals surface area contributed by atoms with Crippen LogP contribution in [0.2, 0.25) is 5.02 Å². The van der Waals surface area contributed by atoms with Gasteiger partial charge in [0.1, 0.15) is 5.76 Å². The minimum atomic E-state index is -0.577. The number of anilines is 1. The second kappa shape index (κ2) is 9.30. The van der Waals surface area contributed by atoms with E-state index in [0.29, 0.717) is 38.1 Å². The van der Waals surface area contributed by atoms with Crippen molar-refractivity contribution in [1.29, 1.82) is 5.26 Å². The lowest BCUT2D eigenvalue weighted by atomic mass is 10.2. The minimum Gasteiger partial charge on any atom is -0.467 e. The summed E-state index contributed by atoms with van der Waals surface area (Å²) in [6.07, 6.45) is 1.53. The van der Waals surface area contributed by atoms with E-state index in [1.54, 1.807) is 61.5 Å². The fourth-order valence-electron chi connectivity index (χ4n) is 3.08. The van der Waals surface area contributed by atoms with Crippen LogP contribution in [0.3, 0.4) is 0 Å². The lowest BCUT2D eigenvalue weighted by Gasteiger charge is -2.16. The largest absolute Gasteiger partial charge is 0.467 e. The van der Waals surface area contributed by atoms with Crippen LogP contribution in [-0.4, -0.2) is 20.7 Å². The molecule has 0 saturated carbocycles. The van der Waals surface area contributed by atoms with E-state index in [9.17, 15) is 9.59 Å². The Morgan fingerprint density at radius 1 is 1.28 bits per heavy atom. The van der Waals surface area contributed by atoms with Crippen LogP contribution >= 0.6 is 23.4 Å². The fraction of sp³-hybridized carbons (Fsp3) is 0.130. The summed E-state index contributed by atoms with van der Waals surface area (Å²) >= 11 is 7.25. The van der Waals surface area contributed by atoms with Crippen LogP contribution in [0.1, 0.15) is 18.2 Å². The van der Waals surface area contributed by atoms with Gasteiger partial charge in [0, 0.05) is 10.7 Å². The number of nitrogens with one attached hydrogen (secondary N) is 1. The first-order chi connectivity index (χ1) is 15.4. The molecule has 160 valence electrons. The number of thioether (sulfide) groups is 1. The summed E-state index contributed by atoms with van der Waals surface area (Å²) in [5, 5.41) is 12.5. The van der Waals surface area contributed by atoms with Crippen LogP contribution in [0.25, 0.3) is 10.9 Å². The number of rotatable bonds is 6. The van der Waals surface area contributed by atoms with E-state index < -0.39 is 5.25 Å². The van der Waals surface area contributed by atoms with Gasteiger partial charge in [0.15, 0.2) is 5.16 Å². The molecule has 2 aromatic carbocycles. The lowest BCUT2D eigenvalue weighted by molar-refractivity contribution is -0.115. The molecule has 0 aliphatic rings. The van der Waals surface area contributed by atoms with Crippen molar-refractivity contribution in [3.63, 3.8) is 0 Å². The number of nitriles is 1. The highest BCUT2D eigenvalue weighted by atomic mass is 35.5. The van der Waals surface area contributed by atoms with E-state index in [1.807, 2.05) is 6.07 Å². The number of hydrogen-bond donors (Lipinski definition) is 1. The number of carbonyl (C=O) groups excluding carboxylic acids is 1. The predicted molar refractivity (Wildman–Crippen MR) is 124 cm³/mol. The fourth-order valence-corrected chi connectivity index (χ4v) is 4.16. The number of furan rings is 1. The van der Waals surface area contributed by atoms with Gasteiger partial charge in [-0.1, -0.05) is 29.4 Å². The zero-order valence-electron chi connectivity index (χ0n) is 16.9. The van der Waals surface area contributed by atoms with Crippen LogP contribution in [0.15, 0.2) is 75.2 Å². The normalized spacial score (nSPS) is 11.8. The van der Waals surface area contributed by atoms with Gasteiger partial charge in [0.25, 0.3) is 5.56 Å².